The zero-order valence-corrected chi connectivity index (χ0v) is 15.4. The predicted octanol–water partition coefficient (Wildman–Crippen LogP) is 3.89. The molecule has 0 bridgehead atoms. The van der Waals surface area contributed by atoms with Gasteiger partial charge in [-0.3, -0.25) is 4.79 Å². The minimum Gasteiger partial charge on any atom is -0.387 e. The quantitative estimate of drug-likeness (QED) is 0.718. The first-order valence-electron chi connectivity index (χ1n) is 8.25. The second kappa shape index (κ2) is 7.25. The number of halogens is 6. The van der Waals surface area contributed by atoms with Crippen molar-refractivity contribution in [1.82, 2.24) is 4.98 Å². The molecule has 2 heterocycles. The number of primary amides is 1. The predicted molar refractivity (Wildman–Crippen MR) is 96.6 cm³/mol. The van der Waals surface area contributed by atoms with Crippen LogP contribution in [0.4, 0.5) is 22.0 Å². The van der Waals surface area contributed by atoms with Crippen LogP contribution in [0.2, 0.25) is 5.02 Å². The van der Waals surface area contributed by atoms with E-state index in [1.54, 1.807) is 0 Å². The highest BCUT2D eigenvalue weighted by molar-refractivity contribution is 6.30. The first kappa shape index (κ1) is 21.0. The highest BCUT2D eigenvalue weighted by Crippen LogP contribution is 2.51. The number of hydrogen-bond donors (Lipinski definition) is 2. The molecule has 0 fully saturated rings. The van der Waals surface area contributed by atoms with E-state index in [-0.39, 0.29) is 21.8 Å². The van der Waals surface area contributed by atoms with Crippen molar-refractivity contribution >= 4 is 23.3 Å². The van der Waals surface area contributed by atoms with Crippen LogP contribution >= 0.6 is 11.6 Å². The molecule has 0 aliphatic carbocycles. The molecule has 1 unspecified atom stereocenters. The molecule has 4 N–H and O–H groups in total. The van der Waals surface area contributed by atoms with Gasteiger partial charge in [-0.1, -0.05) is 17.7 Å². The fourth-order valence-electron chi connectivity index (χ4n) is 3.26. The molecule has 1 atom stereocenters. The Hall–Kier alpha value is -2.75. The summed E-state index contributed by atoms with van der Waals surface area (Å²) in [5.74, 6) is -6.83. The topological polar surface area (TPSA) is 94.4 Å². The Morgan fingerprint density at radius 3 is 2.55 bits per heavy atom. The summed E-state index contributed by atoms with van der Waals surface area (Å²) in [5.41, 5.74) is 5.73. The molecule has 1 amide bonds. The van der Waals surface area contributed by atoms with E-state index in [4.69, 9.17) is 23.1 Å². The number of nitrogens with zero attached hydrogens (tertiary/aromatic N) is 2. The van der Waals surface area contributed by atoms with Gasteiger partial charge in [0.2, 0.25) is 5.54 Å². The van der Waals surface area contributed by atoms with Crippen LogP contribution in [-0.4, -0.2) is 29.1 Å². The molecule has 3 rings (SSSR count). The molecule has 1 aromatic carbocycles. The second-order valence-corrected chi connectivity index (χ2v) is 6.92. The molecular formula is C18H14ClF5N4O. The van der Waals surface area contributed by atoms with Crippen molar-refractivity contribution in [2.75, 3.05) is 0 Å². The molecule has 5 nitrogen and oxygen atoms in total. The molecule has 1 aliphatic rings. The van der Waals surface area contributed by atoms with E-state index in [1.807, 2.05) is 0 Å². The molecule has 29 heavy (non-hydrogen) atoms. The number of rotatable bonds is 4. The average molecular weight is 433 g/mol. The van der Waals surface area contributed by atoms with Gasteiger partial charge in [0.1, 0.15) is 11.5 Å². The number of hydrogen-bond acceptors (Lipinski definition) is 4. The van der Waals surface area contributed by atoms with Crippen molar-refractivity contribution in [2.45, 2.75) is 30.7 Å². The number of amides is 1. The summed E-state index contributed by atoms with van der Waals surface area (Å²) in [6.07, 6.45) is -4.08. The molecule has 1 aromatic heterocycles. The number of benzene rings is 1. The van der Waals surface area contributed by atoms with Crippen LogP contribution in [0.3, 0.4) is 0 Å². The molecule has 0 saturated carbocycles. The molecule has 2 aromatic rings. The number of pyridine rings is 1. The lowest BCUT2D eigenvalue weighted by atomic mass is 9.78. The first-order chi connectivity index (χ1) is 13.5. The van der Waals surface area contributed by atoms with E-state index in [1.165, 1.54) is 6.07 Å². The third-order valence-electron chi connectivity index (χ3n) is 4.66. The zero-order chi connectivity index (χ0) is 21.6. The lowest BCUT2D eigenvalue weighted by Crippen LogP contribution is -2.54. The summed E-state index contributed by atoms with van der Waals surface area (Å²) in [5, 5.41) is 0.0599. The Morgan fingerprint density at radius 2 is 1.93 bits per heavy atom. The molecule has 11 heteroatoms. The van der Waals surface area contributed by atoms with Crippen LogP contribution < -0.4 is 11.5 Å². The van der Waals surface area contributed by atoms with Gasteiger partial charge < -0.3 is 11.5 Å². The van der Waals surface area contributed by atoms with Crippen LogP contribution in [0, 0.1) is 5.82 Å². The molecule has 1 aliphatic heterocycles. The second-order valence-electron chi connectivity index (χ2n) is 6.48. The summed E-state index contributed by atoms with van der Waals surface area (Å²) in [6, 6.07) is 3.82. The van der Waals surface area contributed by atoms with E-state index in [0.717, 1.165) is 24.4 Å². The Bertz CT molecular complexity index is 1010. The van der Waals surface area contributed by atoms with Gasteiger partial charge in [0, 0.05) is 30.2 Å². The standard InChI is InChI=1S/C18H14ClF5N4O/c19-9-6-10(14(15(26)29)27-7-9)8-1-2-12(20)11(5-8)18(16(21)22)17(23,24)4-3-13(25)28-18/h1-2,5-7,16H,3-4H2,(H2,25,28)(H2,26,29). The maximum atomic E-state index is 14.7. The lowest BCUT2D eigenvalue weighted by molar-refractivity contribution is -0.145. The molecule has 0 radical (unpaired) electrons. The van der Waals surface area contributed by atoms with Gasteiger partial charge in [0.25, 0.3) is 18.3 Å². The van der Waals surface area contributed by atoms with Crippen molar-refractivity contribution in [1.29, 1.82) is 0 Å². The number of carbonyl (C=O) groups is 1. The molecule has 0 saturated heterocycles. The first-order valence-corrected chi connectivity index (χ1v) is 8.63. The number of alkyl halides is 4. The normalized spacial score (nSPS) is 21.1. The van der Waals surface area contributed by atoms with E-state index in [0.29, 0.717) is 0 Å². The van der Waals surface area contributed by atoms with Crippen LogP contribution in [0.5, 0.6) is 0 Å². The highest BCUT2D eigenvalue weighted by atomic mass is 35.5. The Morgan fingerprint density at radius 1 is 1.24 bits per heavy atom. The van der Waals surface area contributed by atoms with Gasteiger partial charge in [-0.2, -0.15) is 0 Å². The van der Waals surface area contributed by atoms with Gasteiger partial charge in [-0.25, -0.2) is 31.9 Å². The summed E-state index contributed by atoms with van der Waals surface area (Å²) in [7, 11) is 0. The maximum absolute atomic E-state index is 14.7. The molecule has 154 valence electrons. The van der Waals surface area contributed by atoms with Gasteiger partial charge in [0.05, 0.1) is 10.9 Å². The third kappa shape index (κ3) is 3.41. The van der Waals surface area contributed by atoms with E-state index in [2.05, 4.69) is 9.98 Å². The SMILES string of the molecule is NC(=O)c1ncc(Cl)cc1-c1ccc(F)c(C2(C(F)F)N=C(N)CCC2(F)F)c1. The van der Waals surface area contributed by atoms with Crippen molar-refractivity contribution in [3.8, 4) is 11.1 Å². The molecular weight excluding hydrogens is 419 g/mol. The van der Waals surface area contributed by atoms with E-state index >= 15 is 0 Å². The van der Waals surface area contributed by atoms with Crippen LogP contribution in [-0.2, 0) is 5.54 Å². The average Bonchev–Trinajstić information content (AvgIpc) is 2.63. The maximum Gasteiger partial charge on any atom is 0.283 e. The summed E-state index contributed by atoms with van der Waals surface area (Å²) >= 11 is 5.87. The Labute approximate surface area is 166 Å². The minimum absolute atomic E-state index is 0.0354. The van der Waals surface area contributed by atoms with Crippen LogP contribution in [0.25, 0.3) is 11.1 Å². The smallest absolute Gasteiger partial charge is 0.283 e. The monoisotopic (exact) mass is 432 g/mol. The largest absolute Gasteiger partial charge is 0.387 e. The number of carbonyl (C=O) groups excluding carboxylic acids is 1. The Kier molecular flexibility index (Phi) is 5.24. The Balaban J connectivity index is 2.32. The highest BCUT2D eigenvalue weighted by Gasteiger charge is 2.63. The van der Waals surface area contributed by atoms with Crippen molar-refractivity contribution in [3.05, 3.63) is 52.6 Å². The summed E-state index contributed by atoms with van der Waals surface area (Å²) in [6.45, 7) is 0. The van der Waals surface area contributed by atoms with E-state index < -0.39 is 53.9 Å². The summed E-state index contributed by atoms with van der Waals surface area (Å²) < 4.78 is 72.0. The van der Waals surface area contributed by atoms with Crippen molar-refractivity contribution in [3.63, 3.8) is 0 Å². The van der Waals surface area contributed by atoms with Crippen molar-refractivity contribution in [2.24, 2.45) is 16.5 Å². The van der Waals surface area contributed by atoms with Crippen LogP contribution in [0.15, 0.2) is 35.5 Å². The number of aromatic nitrogens is 1. The molecule has 0 spiro atoms. The van der Waals surface area contributed by atoms with Gasteiger partial charge in [-0.15, -0.1) is 0 Å². The summed E-state index contributed by atoms with van der Waals surface area (Å²) in [4.78, 5) is 18.7. The minimum atomic E-state index is -4.08. The van der Waals surface area contributed by atoms with Gasteiger partial charge >= 0.3 is 0 Å². The fourth-order valence-corrected chi connectivity index (χ4v) is 3.42. The van der Waals surface area contributed by atoms with Crippen molar-refractivity contribution < 1.29 is 26.7 Å². The number of amidine groups is 1. The van der Waals surface area contributed by atoms with E-state index in [9.17, 15) is 26.7 Å². The fraction of sp³-hybridized carbons (Fsp3) is 0.278. The lowest BCUT2D eigenvalue weighted by Gasteiger charge is -2.40. The zero-order valence-electron chi connectivity index (χ0n) is 14.6. The number of nitrogens with two attached hydrogens (primary N) is 2. The van der Waals surface area contributed by atoms with Crippen LogP contribution in [0.1, 0.15) is 28.9 Å². The third-order valence-corrected chi connectivity index (χ3v) is 4.87. The number of aliphatic imine (C=N–C) groups is 1. The van der Waals surface area contributed by atoms with Gasteiger partial charge in [0.15, 0.2) is 0 Å². The van der Waals surface area contributed by atoms with Gasteiger partial charge in [-0.05, 0) is 23.8 Å².